The fraction of sp³-hybridized carbons (Fsp3) is 0.750. The van der Waals surface area contributed by atoms with Gasteiger partial charge < -0.3 is 15.2 Å². The predicted molar refractivity (Wildman–Crippen MR) is 74.7 cm³/mol. The normalized spacial score (nSPS) is 16.6. The summed E-state index contributed by atoms with van der Waals surface area (Å²) in [5.41, 5.74) is 0. The second kappa shape index (κ2) is 8.11. The van der Waals surface area contributed by atoms with E-state index in [1.165, 1.54) is 0 Å². The minimum atomic E-state index is -1.16. The third-order valence-electron chi connectivity index (χ3n) is 3.23. The molecule has 1 aliphatic rings. The smallest absolute Gasteiger partial charge is 0.329 e. The van der Waals surface area contributed by atoms with Gasteiger partial charge in [-0.1, -0.05) is 12.8 Å². The topological polar surface area (TPSA) is 105 Å². The third kappa shape index (κ3) is 5.79. The number of carbonyl (C=O) groups excluding carboxylic acids is 2. The number of nitrogens with one attached hydrogen (secondary N) is 2. The molecule has 3 N–H and O–H groups in total. The number of carboxylic acids is 1. The monoisotopic (exact) mass is 304 g/mol. The quantitative estimate of drug-likeness (QED) is 0.636. The van der Waals surface area contributed by atoms with Crippen molar-refractivity contribution in [2.45, 2.75) is 30.4 Å². The molecule has 0 atom stereocenters. The zero-order valence-electron chi connectivity index (χ0n) is 11.4. The minimum absolute atomic E-state index is 0.0696. The number of thioether (sulfide) groups is 1. The maximum Gasteiger partial charge on any atom is 0.329 e. The Morgan fingerprint density at radius 3 is 2.45 bits per heavy atom. The molecule has 3 amide bonds. The summed E-state index contributed by atoms with van der Waals surface area (Å²) >= 11 is 1.74. The summed E-state index contributed by atoms with van der Waals surface area (Å²) in [5, 5.41) is 13.1. The summed E-state index contributed by atoms with van der Waals surface area (Å²) in [6, 6.07) is -0.575. The lowest BCUT2D eigenvalue weighted by Gasteiger charge is -2.26. The van der Waals surface area contributed by atoms with E-state index >= 15 is 0 Å². The van der Waals surface area contributed by atoms with E-state index in [-0.39, 0.29) is 4.75 Å². The van der Waals surface area contributed by atoms with Gasteiger partial charge in [0, 0.05) is 11.3 Å². The summed E-state index contributed by atoms with van der Waals surface area (Å²) in [6.07, 6.45) is 6.46. The molecule has 0 unspecified atom stereocenters. The van der Waals surface area contributed by atoms with Crippen molar-refractivity contribution in [1.82, 2.24) is 10.6 Å². The number of carbonyl (C=O) groups is 3. The first-order valence-electron chi connectivity index (χ1n) is 6.40. The van der Waals surface area contributed by atoms with Crippen molar-refractivity contribution in [3.05, 3.63) is 0 Å². The van der Waals surface area contributed by atoms with Crippen molar-refractivity contribution in [3.63, 3.8) is 0 Å². The second-order valence-electron chi connectivity index (χ2n) is 4.71. The van der Waals surface area contributed by atoms with Crippen LogP contribution in [0.4, 0.5) is 4.79 Å². The molecule has 0 radical (unpaired) electrons. The van der Waals surface area contributed by atoms with E-state index in [4.69, 9.17) is 5.11 Å². The van der Waals surface area contributed by atoms with Gasteiger partial charge in [-0.05, 0) is 19.1 Å². The van der Waals surface area contributed by atoms with Crippen molar-refractivity contribution in [2.24, 2.45) is 0 Å². The molecule has 0 spiro atoms. The molecular formula is C12H20N2O5S. The second-order valence-corrected chi connectivity index (χ2v) is 5.99. The van der Waals surface area contributed by atoms with Crippen molar-refractivity contribution in [3.8, 4) is 0 Å². The SMILES string of the molecule is CSC1(CNC(=O)NC(=O)COCC(=O)O)CCCC1. The largest absolute Gasteiger partial charge is 0.480 e. The van der Waals surface area contributed by atoms with Crippen LogP contribution in [-0.4, -0.2) is 53.8 Å². The highest BCUT2D eigenvalue weighted by Gasteiger charge is 2.33. The molecule has 1 rings (SSSR count). The molecular weight excluding hydrogens is 284 g/mol. The molecule has 1 saturated carbocycles. The van der Waals surface area contributed by atoms with E-state index < -0.39 is 31.1 Å². The maximum atomic E-state index is 11.5. The summed E-state index contributed by atoms with van der Waals surface area (Å²) in [7, 11) is 0. The van der Waals surface area contributed by atoms with E-state index in [0.717, 1.165) is 25.7 Å². The highest BCUT2D eigenvalue weighted by molar-refractivity contribution is 8.00. The Morgan fingerprint density at radius 2 is 1.90 bits per heavy atom. The lowest BCUT2D eigenvalue weighted by molar-refractivity contribution is -0.143. The number of hydrogen-bond acceptors (Lipinski definition) is 5. The van der Waals surface area contributed by atoms with Crippen LogP contribution in [0.25, 0.3) is 0 Å². The maximum absolute atomic E-state index is 11.5. The third-order valence-corrected chi connectivity index (χ3v) is 4.65. The Morgan fingerprint density at radius 1 is 1.25 bits per heavy atom. The first-order chi connectivity index (χ1) is 9.47. The molecule has 0 heterocycles. The van der Waals surface area contributed by atoms with Crippen LogP contribution in [-0.2, 0) is 14.3 Å². The van der Waals surface area contributed by atoms with Crippen LogP contribution in [0.5, 0.6) is 0 Å². The number of urea groups is 1. The summed E-state index contributed by atoms with van der Waals surface area (Å²) < 4.78 is 4.65. The Hall–Kier alpha value is -1.28. The average Bonchev–Trinajstić information content (AvgIpc) is 2.85. The van der Waals surface area contributed by atoms with E-state index in [1.807, 2.05) is 6.26 Å². The van der Waals surface area contributed by atoms with Crippen LogP contribution in [0.3, 0.4) is 0 Å². The molecule has 0 aromatic heterocycles. The van der Waals surface area contributed by atoms with E-state index in [2.05, 4.69) is 15.4 Å². The molecule has 0 saturated heterocycles. The molecule has 20 heavy (non-hydrogen) atoms. The molecule has 0 aliphatic heterocycles. The van der Waals surface area contributed by atoms with E-state index in [0.29, 0.717) is 6.54 Å². The van der Waals surface area contributed by atoms with Gasteiger partial charge in [0.15, 0.2) is 0 Å². The van der Waals surface area contributed by atoms with Crippen molar-refractivity contribution in [2.75, 3.05) is 26.0 Å². The number of imide groups is 1. The lowest BCUT2D eigenvalue weighted by Crippen LogP contribution is -2.46. The predicted octanol–water partition coefficient (Wildman–Crippen LogP) is 0.589. The minimum Gasteiger partial charge on any atom is -0.480 e. The van der Waals surface area contributed by atoms with Gasteiger partial charge in [-0.2, -0.15) is 11.8 Å². The van der Waals surface area contributed by atoms with Crippen molar-refractivity contribution >= 4 is 29.7 Å². The van der Waals surface area contributed by atoms with Gasteiger partial charge >= 0.3 is 12.0 Å². The number of rotatable bonds is 7. The first-order valence-corrected chi connectivity index (χ1v) is 7.62. The molecule has 0 aromatic carbocycles. The molecule has 8 heteroatoms. The van der Waals surface area contributed by atoms with Gasteiger partial charge in [-0.15, -0.1) is 0 Å². The fourth-order valence-electron chi connectivity index (χ4n) is 2.15. The van der Waals surface area contributed by atoms with Crippen LogP contribution in [0.2, 0.25) is 0 Å². The summed E-state index contributed by atoms with van der Waals surface area (Å²) in [6.45, 7) is -0.499. The molecule has 0 aromatic rings. The molecule has 1 aliphatic carbocycles. The zero-order valence-corrected chi connectivity index (χ0v) is 12.3. The number of aliphatic carboxylic acids is 1. The first kappa shape index (κ1) is 16.8. The van der Waals surface area contributed by atoms with Gasteiger partial charge in [-0.3, -0.25) is 10.1 Å². The highest BCUT2D eigenvalue weighted by atomic mass is 32.2. The van der Waals surface area contributed by atoms with Crippen LogP contribution >= 0.6 is 11.8 Å². The van der Waals surface area contributed by atoms with Crippen LogP contribution in [0.1, 0.15) is 25.7 Å². The summed E-state index contributed by atoms with van der Waals surface area (Å²) in [5.74, 6) is -1.82. The van der Waals surface area contributed by atoms with Gasteiger partial charge in [0.2, 0.25) is 0 Å². The van der Waals surface area contributed by atoms with Gasteiger partial charge in [0.05, 0.1) is 0 Å². The fourth-order valence-corrected chi connectivity index (χ4v) is 3.07. The van der Waals surface area contributed by atoms with Gasteiger partial charge in [0.1, 0.15) is 13.2 Å². The van der Waals surface area contributed by atoms with Crippen LogP contribution < -0.4 is 10.6 Å². The van der Waals surface area contributed by atoms with E-state index in [9.17, 15) is 14.4 Å². The van der Waals surface area contributed by atoms with Gasteiger partial charge in [0.25, 0.3) is 5.91 Å². The summed E-state index contributed by atoms with van der Waals surface area (Å²) in [4.78, 5) is 33.0. The van der Waals surface area contributed by atoms with Crippen LogP contribution in [0.15, 0.2) is 0 Å². The van der Waals surface area contributed by atoms with Gasteiger partial charge in [-0.25, -0.2) is 9.59 Å². The Kier molecular flexibility index (Phi) is 6.80. The van der Waals surface area contributed by atoms with Crippen molar-refractivity contribution < 1.29 is 24.2 Å². The van der Waals surface area contributed by atoms with Crippen molar-refractivity contribution in [1.29, 1.82) is 0 Å². The number of hydrogen-bond donors (Lipinski definition) is 3. The number of carboxylic acid groups (broad SMARTS) is 1. The van der Waals surface area contributed by atoms with Crippen LogP contribution in [0, 0.1) is 0 Å². The number of ether oxygens (including phenoxy) is 1. The highest BCUT2D eigenvalue weighted by Crippen LogP contribution is 2.39. The Bertz CT molecular complexity index is 369. The number of amides is 3. The molecule has 1 fully saturated rings. The standard InChI is InChI=1S/C12H20N2O5S/c1-20-12(4-2-3-5-12)8-13-11(18)14-9(15)6-19-7-10(16)17/h2-8H2,1H3,(H,16,17)(H2,13,14,15,18). The lowest BCUT2D eigenvalue weighted by atomic mass is 10.1. The zero-order chi connectivity index (χ0) is 15.0. The molecule has 114 valence electrons. The Labute approximate surface area is 121 Å². The average molecular weight is 304 g/mol. The molecule has 7 nitrogen and oxygen atoms in total. The van der Waals surface area contributed by atoms with E-state index in [1.54, 1.807) is 11.8 Å². The Balaban J connectivity index is 2.22. The molecule has 0 bridgehead atoms.